The monoisotopic (exact) mass is 320 g/mol. The number of ether oxygens (including phenoxy) is 2. The number of carbonyl (C=O) groups excluding carboxylic acids is 1. The number of hydrogen-bond acceptors (Lipinski definition) is 3. The fourth-order valence-corrected chi connectivity index (χ4v) is 1.66. The average molecular weight is 320 g/mol. The number of methoxy groups -OCH3 is 2. The smallest absolute Gasteiger partial charge is 0.383 e. The Kier molecular flexibility index (Phi) is 7.13. The van der Waals surface area contributed by atoms with Gasteiger partial charge in [-0.05, 0) is 24.3 Å². The summed E-state index contributed by atoms with van der Waals surface area (Å²) in [5.41, 5.74) is -0.473. The Bertz CT molecular complexity index is 455. The van der Waals surface area contributed by atoms with Crippen molar-refractivity contribution < 1.29 is 27.4 Å². The molecular weight excluding hydrogens is 301 g/mol. The molecule has 0 spiro atoms. The third-order valence-electron chi connectivity index (χ3n) is 2.88. The quantitative estimate of drug-likeness (QED) is 0.840. The lowest BCUT2D eigenvalue weighted by Gasteiger charge is -2.22. The van der Waals surface area contributed by atoms with Crippen LogP contribution in [0.25, 0.3) is 0 Å². The Morgan fingerprint density at radius 2 is 1.59 bits per heavy atom. The lowest BCUT2D eigenvalue weighted by atomic mass is 10.2. The average Bonchev–Trinajstić information content (AvgIpc) is 2.47. The molecule has 0 unspecified atom stereocenters. The molecule has 0 bridgehead atoms. The standard InChI is InChI=1S/C14H19F3N2O3/c1-21-9-7-19(8-10-22-2)13(20)18-12-5-3-11(4-6-12)14(15,16)17/h3-6H,7-10H2,1-2H3,(H,18,20). The van der Waals surface area contributed by atoms with Gasteiger partial charge in [0.25, 0.3) is 0 Å². The molecule has 0 heterocycles. The van der Waals surface area contributed by atoms with Crippen LogP contribution in [-0.4, -0.2) is 51.5 Å². The number of anilines is 1. The van der Waals surface area contributed by atoms with E-state index in [2.05, 4.69) is 5.32 Å². The molecule has 22 heavy (non-hydrogen) atoms. The van der Waals surface area contributed by atoms with Crippen molar-refractivity contribution in [3.8, 4) is 0 Å². The molecule has 1 aromatic rings. The Morgan fingerprint density at radius 1 is 1.09 bits per heavy atom. The Labute approximate surface area is 127 Å². The van der Waals surface area contributed by atoms with E-state index in [4.69, 9.17) is 9.47 Å². The van der Waals surface area contributed by atoms with Crippen molar-refractivity contribution in [2.24, 2.45) is 0 Å². The van der Waals surface area contributed by atoms with Gasteiger partial charge < -0.3 is 19.7 Å². The van der Waals surface area contributed by atoms with Gasteiger partial charge in [-0.2, -0.15) is 13.2 Å². The number of alkyl halides is 3. The van der Waals surface area contributed by atoms with Crippen LogP contribution in [-0.2, 0) is 15.7 Å². The number of nitrogens with zero attached hydrogens (tertiary/aromatic N) is 1. The Hall–Kier alpha value is -1.80. The minimum atomic E-state index is -4.40. The second-order valence-electron chi connectivity index (χ2n) is 4.48. The minimum Gasteiger partial charge on any atom is -0.383 e. The second-order valence-corrected chi connectivity index (χ2v) is 4.48. The van der Waals surface area contributed by atoms with Crippen LogP contribution in [0, 0.1) is 0 Å². The summed E-state index contributed by atoms with van der Waals surface area (Å²) < 4.78 is 47.2. The summed E-state index contributed by atoms with van der Waals surface area (Å²) in [5, 5.41) is 2.55. The van der Waals surface area contributed by atoms with Crippen LogP contribution in [0.4, 0.5) is 23.7 Å². The maximum Gasteiger partial charge on any atom is 0.416 e. The first-order valence-electron chi connectivity index (χ1n) is 6.59. The first-order valence-corrected chi connectivity index (χ1v) is 6.59. The van der Waals surface area contributed by atoms with Crippen molar-refractivity contribution in [2.75, 3.05) is 45.8 Å². The van der Waals surface area contributed by atoms with Crippen molar-refractivity contribution in [3.05, 3.63) is 29.8 Å². The fraction of sp³-hybridized carbons (Fsp3) is 0.500. The topological polar surface area (TPSA) is 50.8 Å². The highest BCUT2D eigenvalue weighted by Gasteiger charge is 2.30. The SMILES string of the molecule is COCCN(CCOC)C(=O)Nc1ccc(C(F)(F)F)cc1. The summed E-state index contributed by atoms with van der Waals surface area (Å²) >= 11 is 0. The molecule has 8 heteroatoms. The van der Waals surface area contributed by atoms with Gasteiger partial charge in [-0.15, -0.1) is 0 Å². The predicted octanol–water partition coefficient (Wildman–Crippen LogP) is 2.83. The van der Waals surface area contributed by atoms with Gasteiger partial charge in [0.05, 0.1) is 18.8 Å². The van der Waals surface area contributed by atoms with Crippen molar-refractivity contribution in [1.82, 2.24) is 4.90 Å². The number of hydrogen-bond donors (Lipinski definition) is 1. The summed E-state index contributed by atoms with van der Waals surface area (Å²) in [6.07, 6.45) is -4.40. The number of urea groups is 1. The van der Waals surface area contributed by atoms with E-state index >= 15 is 0 Å². The van der Waals surface area contributed by atoms with Gasteiger partial charge in [-0.25, -0.2) is 4.79 Å². The Morgan fingerprint density at radius 3 is 2.00 bits per heavy atom. The van der Waals surface area contributed by atoms with Crippen LogP contribution < -0.4 is 5.32 Å². The molecule has 0 atom stereocenters. The molecule has 0 fully saturated rings. The van der Waals surface area contributed by atoms with E-state index < -0.39 is 17.8 Å². The highest BCUT2D eigenvalue weighted by molar-refractivity contribution is 5.89. The molecule has 0 aliphatic rings. The maximum atomic E-state index is 12.5. The molecule has 124 valence electrons. The molecule has 0 saturated heterocycles. The minimum absolute atomic E-state index is 0.290. The van der Waals surface area contributed by atoms with Gasteiger partial charge in [-0.1, -0.05) is 0 Å². The van der Waals surface area contributed by atoms with Crippen LogP contribution >= 0.6 is 0 Å². The maximum absolute atomic E-state index is 12.5. The third kappa shape index (κ3) is 5.90. The normalized spacial score (nSPS) is 11.3. The van der Waals surface area contributed by atoms with Crippen molar-refractivity contribution in [3.63, 3.8) is 0 Å². The molecule has 5 nitrogen and oxygen atoms in total. The summed E-state index contributed by atoms with van der Waals surface area (Å²) in [4.78, 5) is 13.6. The van der Waals surface area contributed by atoms with Gasteiger partial charge in [0.1, 0.15) is 0 Å². The van der Waals surface area contributed by atoms with E-state index in [1.807, 2.05) is 0 Å². The molecule has 1 aromatic carbocycles. The number of benzene rings is 1. The number of halogens is 3. The number of nitrogens with one attached hydrogen (secondary N) is 1. The third-order valence-corrected chi connectivity index (χ3v) is 2.88. The number of rotatable bonds is 7. The van der Waals surface area contributed by atoms with Crippen LogP contribution in [0.1, 0.15) is 5.56 Å². The lowest BCUT2D eigenvalue weighted by Crippen LogP contribution is -2.39. The molecule has 0 aliphatic carbocycles. The summed E-state index contributed by atoms with van der Waals surface area (Å²) in [6, 6.07) is 3.85. The van der Waals surface area contributed by atoms with E-state index in [1.54, 1.807) is 0 Å². The van der Waals surface area contributed by atoms with Gasteiger partial charge >= 0.3 is 12.2 Å². The summed E-state index contributed by atoms with van der Waals surface area (Å²) in [5.74, 6) is 0. The fourth-order valence-electron chi connectivity index (χ4n) is 1.66. The zero-order valence-electron chi connectivity index (χ0n) is 12.4. The zero-order valence-corrected chi connectivity index (χ0v) is 12.4. The van der Waals surface area contributed by atoms with Gasteiger partial charge in [-0.3, -0.25) is 0 Å². The van der Waals surface area contributed by atoms with Crippen LogP contribution in [0.15, 0.2) is 24.3 Å². The van der Waals surface area contributed by atoms with E-state index in [0.29, 0.717) is 26.3 Å². The van der Waals surface area contributed by atoms with E-state index in [0.717, 1.165) is 12.1 Å². The van der Waals surface area contributed by atoms with Crippen LogP contribution in [0.2, 0.25) is 0 Å². The molecule has 2 amide bonds. The van der Waals surface area contributed by atoms with E-state index in [1.165, 1.54) is 31.3 Å². The van der Waals surface area contributed by atoms with Gasteiger partial charge in [0.2, 0.25) is 0 Å². The van der Waals surface area contributed by atoms with Crippen LogP contribution in [0.5, 0.6) is 0 Å². The first kappa shape index (κ1) is 18.2. The molecule has 0 aromatic heterocycles. The zero-order chi connectivity index (χ0) is 16.6. The molecule has 0 saturated carbocycles. The molecule has 1 N–H and O–H groups in total. The molecular formula is C14H19F3N2O3. The lowest BCUT2D eigenvalue weighted by molar-refractivity contribution is -0.137. The first-order chi connectivity index (χ1) is 10.4. The molecule has 0 aliphatic heterocycles. The Balaban J connectivity index is 2.67. The largest absolute Gasteiger partial charge is 0.416 e. The van der Waals surface area contributed by atoms with Crippen molar-refractivity contribution in [1.29, 1.82) is 0 Å². The number of amides is 2. The van der Waals surface area contributed by atoms with Crippen molar-refractivity contribution in [2.45, 2.75) is 6.18 Å². The summed E-state index contributed by atoms with van der Waals surface area (Å²) in [6.45, 7) is 1.41. The highest BCUT2D eigenvalue weighted by atomic mass is 19.4. The molecule has 1 rings (SSSR count). The van der Waals surface area contributed by atoms with Crippen LogP contribution in [0.3, 0.4) is 0 Å². The highest BCUT2D eigenvalue weighted by Crippen LogP contribution is 2.29. The van der Waals surface area contributed by atoms with Gasteiger partial charge in [0, 0.05) is 33.0 Å². The van der Waals surface area contributed by atoms with E-state index in [-0.39, 0.29) is 5.69 Å². The van der Waals surface area contributed by atoms with Crippen molar-refractivity contribution >= 4 is 11.7 Å². The molecule has 0 radical (unpaired) electrons. The van der Waals surface area contributed by atoms with Gasteiger partial charge in [0.15, 0.2) is 0 Å². The number of carbonyl (C=O) groups is 1. The second kappa shape index (κ2) is 8.60. The van der Waals surface area contributed by atoms with E-state index in [9.17, 15) is 18.0 Å². The summed E-state index contributed by atoms with van der Waals surface area (Å²) in [7, 11) is 3.03. The predicted molar refractivity (Wildman–Crippen MR) is 75.8 cm³/mol.